The Balaban J connectivity index is 2.38. The number of nitrogens with two attached hydrogens (primary N) is 1. The van der Waals surface area contributed by atoms with Gasteiger partial charge in [-0.2, -0.15) is 0 Å². The number of nitrogens with zero attached hydrogens (tertiary/aromatic N) is 1. The van der Waals surface area contributed by atoms with E-state index in [2.05, 4.69) is 25.8 Å². The van der Waals surface area contributed by atoms with E-state index in [1.54, 1.807) is 7.11 Å². The van der Waals surface area contributed by atoms with E-state index in [-0.39, 0.29) is 5.54 Å². The summed E-state index contributed by atoms with van der Waals surface area (Å²) in [6.45, 7) is 8.30. The Labute approximate surface area is 112 Å². The average molecular weight is 258 g/mol. The van der Waals surface area contributed by atoms with Crippen LogP contribution in [0.5, 0.6) is 0 Å². The number of rotatable bonds is 10. The summed E-state index contributed by atoms with van der Waals surface area (Å²) in [5.74, 6) is 1.29. The van der Waals surface area contributed by atoms with Gasteiger partial charge >= 0.3 is 0 Å². The molecule has 0 aliphatic heterocycles. The summed E-state index contributed by atoms with van der Waals surface area (Å²) in [4.78, 5) is 2.30. The van der Waals surface area contributed by atoms with E-state index in [0.29, 0.717) is 19.1 Å². The van der Waals surface area contributed by atoms with Crippen molar-refractivity contribution in [3.63, 3.8) is 0 Å². The predicted molar refractivity (Wildman–Crippen MR) is 74.7 cm³/mol. The van der Waals surface area contributed by atoms with Gasteiger partial charge in [-0.05, 0) is 31.7 Å². The van der Waals surface area contributed by atoms with Gasteiger partial charge in [0.1, 0.15) is 0 Å². The van der Waals surface area contributed by atoms with Crippen molar-refractivity contribution in [1.82, 2.24) is 4.90 Å². The highest BCUT2D eigenvalue weighted by Crippen LogP contribution is 2.29. The highest BCUT2D eigenvalue weighted by Gasteiger charge is 2.36. The third-order valence-corrected chi connectivity index (χ3v) is 4.20. The summed E-state index contributed by atoms with van der Waals surface area (Å²) in [6.07, 6.45) is 2.69. The second kappa shape index (κ2) is 7.43. The first-order valence-electron chi connectivity index (χ1n) is 7.04. The van der Waals surface area contributed by atoms with E-state index in [0.717, 1.165) is 25.7 Å². The number of likely N-dealkylation sites (N-methyl/N-ethyl adjacent to an activating group) is 1. The van der Waals surface area contributed by atoms with Crippen LogP contribution >= 0.6 is 0 Å². The van der Waals surface area contributed by atoms with Crippen molar-refractivity contribution in [2.24, 2.45) is 17.6 Å². The summed E-state index contributed by atoms with van der Waals surface area (Å²) in [5.41, 5.74) is 5.91. The van der Waals surface area contributed by atoms with Crippen molar-refractivity contribution in [1.29, 1.82) is 0 Å². The van der Waals surface area contributed by atoms with Gasteiger partial charge in [-0.25, -0.2) is 0 Å². The summed E-state index contributed by atoms with van der Waals surface area (Å²) in [5, 5.41) is 0. The minimum atomic E-state index is -0.0856. The molecular weight excluding hydrogens is 228 g/mol. The Morgan fingerprint density at radius 3 is 2.50 bits per heavy atom. The molecule has 1 saturated carbocycles. The zero-order valence-corrected chi connectivity index (χ0v) is 12.4. The molecule has 1 fully saturated rings. The molecule has 108 valence electrons. The van der Waals surface area contributed by atoms with E-state index in [4.69, 9.17) is 15.2 Å². The topological polar surface area (TPSA) is 47.7 Å². The van der Waals surface area contributed by atoms with Crippen LogP contribution in [0.15, 0.2) is 0 Å². The largest absolute Gasteiger partial charge is 0.383 e. The third kappa shape index (κ3) is 4.19. The quantitative estimate of drug-likeness (QED) is 0.601. The second-order valence-electron chi connectivity index (χ2n) is 5.84. The Bertz CT molecular complexity index is 232. The van der Waals surface area contributed by atoms with Crippen LogP contribution in [-0.2, 0) is 9.47 Å². The number of hydrogen-bond acceptors (Lipinski definition) is 4. The van der Waals surface area contributed by atoms with Crippen molar-refractivity contribution in [3.8, 4) is 0 Å². The van der Waals surface area contributed by atoms with Gasteiger partial charge in [-0.3, -0.25) is 4.90 Å². The third-order valence-electron chi connectivity index (χ3n) is 4.20. The molecule has 0 amide bonds. The molecule has 4 nitrogen and oxygen atoms in total. The maximum atomic E-state index is 6.00. The standard InChI is InChI=1S/C14H30N2O2/c1-12(2)14(10-15,11-17-4)16(3)7-8-18-9-13-5-6-13/h12-13H,5-11,15H2,1-4H3. The van der Waals surface area contributed by atoms with Crippen molar-refractivity contribution < 1.29 is 9.47 Å². The van der Waals surface area contributed by atoms with Gasteiger partial charge in [-0.15, -0.1) is 0 Å². The summed E-state index contributed by atoms with van der Waals surface area (Å²) < 4.78 is 11.1. The molecule has 2 N–H and O–H groups in total. The monoisotopic (exact) mass is 258 g/mol. The van der Waals surface area contributed by atoms with Gasteiger partial charge in [0.05, 0.1) is 18.8 Å². The lowest BCUT2D eigenvalue weighted by Crippen LogP contribution is -2.59. The Morgan fingerprint density at radius 2 is 2.06 bits per heavy atom. The highest BCUT2D eigenvalue weighted by molar-refractivity contribution is 4.93. The Morgan fingerprint density at radius 1 is 1.39 bits per heavy atom. The van der Waals surface area contributed by atoms with E-state index in [1.807, 2.05) is 0 Å². The van der Waals surface area contributed by atoms with Gasteiger partial charge in [0.2, 0.25) is 0 Å². The van der Waals surface area contributed by atoms with Crippen LogP contribution in [0.3, 0.4) is 0 Å². The minimum absolute atomic E-state index is 0.0856. The molecule has 0 aromatic heterocycles. The fraction of sp³-hybridized carbons (Fsp3) is 1.00. The van der Waals surface area contributed by atoms with Crippen molar-refractivity contribution in [3.05, 3.63) is 0 Å². The van der Waals surface area contributed by atoms with E-state index >= 15 is 0 Å². The first kappa shape index (κ1) is 15.9. The van der Waals surface area contributed by atoms with E-state index < -0.39 is 0 Å². The Kier molecular flexibility index (Phi) is 6.57. The molecule has 1 aliphatic carbocycles. The fourth-order valence-corrected chi connectivity index (χ4v) is 2.38. The number of methoxy groups -OCH3 is 1. The minimum Gasteiger partial charge on any atom is -0.383 e. The van der Waals surface area contributed by atoms with Crippen LogP contribution in [-0.4, -0.2) is 57.5 Å². The van der Waals surface area contributed by atoms with Crippen LogP contribution in [0.4, 0.5) is 0 Å². The van der Waals surface area contributed by atoms with Crippen molar-refractivity contribution >= 4 is 0 Å². The molecular formula is C14H30N2O2. The zero-order valence-electron chi connectivity index (χ0n) is 12.4. The summed E-state index contributed by atoms with van der Waals surface area (Å²) in [6, 6.07) is 0. The molecule has 18 heavy (non-hydrogen) atoms. The van der Waals surface area contributed by atoms with E-state index in [9.17, 15) is 0 Å². The molecule has 0 bridgehead atoms. The Hall–Kier alpha value is -0.160. The van der Waals surface area contributed by atoms with Crippen molar-refractivity contribution in [2.75, 3.05) is 47.1 Å². The van der Waals surface area contributed by atoms with Crippen LogP contribution in [0.2, 0.25) is 0 Å². The average Bonchev–Trinajstić information content (AvgIpc) is 3.15. The zero-order chi connectivity index (χ0) is 13.6. The maximum absolute atomic E-state index is 6.00. The maximum Gasteiger partial charge on any atom is 0.0661 e. The molecule has 1 aliphatic rings. The van der Waals surface area contributed by atoms with Gasteiger partial charge in [-0.1, -0.05) is 13.8 Å². The number of hydrogen-bond donors (Lipinski definition) is 1. The molecule has 0 heterocycles. The molecule has 1 atom stereocenters. The van der Waals surface area contributed by atoms with E-state index in [1.165, 1.54) is 12.8 Å². The van der Waals surface area contributed by atoms with Crippen molar-refractivity contribution in [2.45, 2.75) is 32.2 Å². The lowest BCUT2D eigenvalue weighted by Gasteiger charge is -2.44. The van der Waals surface area contributed by atoms with Gasteiger partial charge < -0.3 is 15.2 Å². The molecule has 4 heteroatoms. The van der Waals surface area contributed by atoms with Gasteiger partial charge in [0.15, 0.2) is 0 Å². The summed E-state index contributed by atoms with van der Waals surface area (Å²) in [7, 11) is 3.86. The van der Waals surface area contributed by atoms with Crippen LogP contribution in [0.25, 0.3) is 0 Å². The lowest BCUT2D eigenvalue weighted by molar-refractivity contribution is -0.0163. The van der Waals surface area contributed by atoms with Crippen LogP contribution in [0.1, 0.15) is 26.7 Å². The molecule has 0 saturated heterocycles. The smallest absolute Gasteiger partial charge is 0.0661 e. The van der Waals surface area contributed by atoms with Crippen LogP contribution in [0, 0.1) is 11.8 Å². The molecule has 0 aromatic rings. The molecule has 0 spiro atoms. The molecule has 1 rings (SSSR count). The SMILES string of the molecule is COCC(CN)(C(C)C)N(C)CCOCC1CC1. The first-order valence-corrected chi connectivity index (χ1v) is 7.04. The normalized spacial score (nSPS) is 19.5. The molecule has 0 radical (unpaired) electrons. The molecule has 0 aromatic carbocycles. The molecule has 1 unspecified atom stereocenters. The number of ether oxygens (including phenoxy) is 2. The highest BCUT2D eigenvalue weighted by atomic mass is 16.5. The predicted octanol–water partition coefficient (Wildman–Crippen LogP) is 1.34. The van der Waals surface area contributed by atoms with Gasteiger partial charge in [0.25, 0.3) is 0 Å². The first-order chi connectivity index (χ1) is 8.56. The fourth-order valence-electron chi connectivity index (χ4n) is 2.38. The summed E-state index contributed by atoms with van der Waals surface area (Å²) >= 11 is 0. The lowest BCUT2D eigenvalue weighted by atomic mass is 9.85. The van der Waals surface area contributed by atoms with Gasteiger partial charge in [0, 0.05) is 26.8 Å². The van der Waals surface area contributed by atoms with Crippen LogP contribution < -0.4 is 5.73 Å². The second-order valence-corrected chi connectivity index (χ2v) is 5.84.